The molecule has 19 heavy (non-hydrogen) atoms. The second-order valence-electron chi connectivity index (χ2n) is 4.68. The van der Waals surface area contributed by atoms with Gasteiger partial charge in [0.25, 0.3) is 0 Å². The molecule has 1 aliphatic rings. The summed E-state index contributed by atoms with van der Waals surface area (Å²) in [5, 5.41) is 8.30. The van der Waals surface area contributed by atoms with Crippen molar-refractivity contribution in [3.8, 4) is 0 Å². The third-order valence-corrected chi connectivity index (χ3v) is 3.54. The average molecular weight is 279 g/mol. The van der Waals surface area contributed by atoms with Crippen molar-refractivity contribution in [1.29, 1.82) is 0 Å². The maximum atomic E-state index is 5.90. The van der Waals surface area contributed by atoms with Gasteiger partial charge < -0.3 is 10.1 Å². The molecule has 0 aliphatic carbocycles. The van der Waals surface area contributed by atoms with Crippen molar-refractivity contribution in [2.45, 2.75) is 19.5 Å². The average Bonchev–Trinajstić information content (AvgIpc) is 2.77. The molecule has 3 rings (SSSR count). The van der Waals surface area contributed by atoms with Gasteiger partial charge in [-0.15, -0.1) is 0 Å². The van der Waals surface area contributed by atoms with E-state index in [0.717, 1.165) is 30.2 Å². The summed E-state index contributed by atoms with van der Waals surface area (Å²) in [6, 6.07) is 4.38. The van der Waals surface area contributed by atoms with Gasteiger partial charge in [0.2, 0.25) is 0 Å². The van der Waals surface area contributed by atoms with E-state index in [4.69, 9.17) is 16.3 Å². The summed E-state index contributed by atoms with van der Waals surface area (Å²) in [5.74, 6) is 0.861. The van der Waals surface area contributed by atoms with Crippen LogP contribution in [0.15, 0.2) is 24.5 Å². The van der Waals surface area contributed by atoms with Gasteiger partial charge in [-0.2, -0.15) is 5.10 Å². The molecule has 0 bridgehead atoms. The van der Waals surface area contributed by atoms with Crippen molar-refractivity contribution < 1.29 is 4.74 Å². The van der Waals surface area contributed by atoms with Crippen molar-refractivity contribution in [3.63, 3.8) is 0 Å². The number of nitrogens with one attached hydrogen (secondary N) is 1. The lowest BCUT2D eigenvalue weighted by atomic mass is 10.2. The molecule has 2 aromatic heterocycles. The quantitative estimate of drug-likeness (QED) is 0.873. The minimum absolute atomic E-state index is 0.384. The first-order chi connectivity index (χ1) is 9.22. The van der Waals surface area contributed by atoms with E-state index < -0.39 is 0 Å². The van der Waals surface area contributed by atoms with Gasteiger partial charge in [0.1, 0.15) is 11.0 Å². The Labute approximate surface area is 116 Å². The van der Waals surface area contributed by atoms with Gasteiger partial charge in [-0.1, -0.05) is 11.6 Å². The summed E-state index contributed by atoms with van der Waals surface area (Å²) in [7, 11) is 0. The molecule has 1 saturated heterocycles. The smallest absolute Gasteiger partial charge is 0.148 e. The summed E-state index contributed by atoms with van der Waals surface area (Å²) in [6.07, 6.45) is 3.75. The summed E-state index contributed by atoms with van der Waals surface area (Å²) in [6.45, 7) is 4.14. The van der Waals surface area contributed by atoms with Crippen LogP contribution >= 0.6 is 11.6 Å². The van der Waals surface area contributed by atoms with Gasteiger partial charge in [-0.3, -0.25) is 4.68 Å². The lowest BCUT2D eigenvalue weighted by molar-refractivity contribution is -0.0285. The van der Waals surface area contributed by atoms with E-state index in [0.29, 0.717) is 17.7 Å². The topological polar surface area (TPSA) is 52.0 Å². The molecule has 0 unspecified atom stereocenters. The van der Waals surface area contributed by atoms with Crippen LogP contribution in [-0.4, -0.2) is 28.0 Å². The minimum atomic E-state index is 0.384. The summed E-state index contributed by atoms with van der Waals surface area (Å²) >= 11 is 5.90. The van der Waals surface area contributed by atoms with Gasteiger partial charge in [-0.05, 0) is 24.1 Å². The number of pyridine rings is 1. The number of anilines is 1. The lowest BCUT2D eigenvalue weighted by Crippen LogP contribution is -2.30. The van der Waals surface area contributed by atoms with Gasteiger partial charge in [-0.25, -0.2) is 4.98 Å². The Morgan fingerprint density at radius 3 is 3.05 bits per heavy atom. The van der Waals surface area contributed by atoms with Crippen LogP contribution in [0.3, 0.4) is 0 Å². The lowest BCUT2D eigenvalue weighted by Gasteiger charge is -2.25. The number of nitrogens with zero attached hydrogens (tertiary/aromatic N) is 3. The Kier molecular flexibility index (Phi) is 3.40. The third-order valence-electron chi connectivity index (χ3n) is 3.15. The number of aromatic nitrogens is 3. The largest absolute Gasteiger partial charge is 0.377 e. The third kappa shape index (κ3) is 2.72. The Morgan fingerprint density at radius 1 is 1.53 bits per heavy atom. The van der Waals surface area contributed by atoms with Crippen molar-refractivity contribution in [2.24, 2.45) is 0 Å². The van der Waals surface area contributed by atoms with Gasteiger partial charge in [0.05, 0.1) is 19.3 Å². The van der Waals surface area contributed by atoms with Crippen LogP contribution in [0.5, 0.6) is 0 Å². The highest BCUT2D eigenvalue weighted by Gasteiger charge is 2.20. The molecule has 1 fully saturated rings. The zero-order valence-electron chi connectivity index (χ0n) is 10.6. The zero-order valence-corrected chi connectivity index (χ0v) is 11.4. The molecule has 1 N–H and O–H groups in total. The molecule has 0 radical (unpaired) electrons. The Hall–Kier alpha value is -1.59. The molecule has 0 aromatic carbocycles. The predicted octanol–water partition coefficient (Wildman–Crippen LogP) is 2.42. The molecule has 5 nitrogen and oxygen atoms in total. The van der Waals surface area contributed by atoms with Crippen molar-refractivity contribution >= 4 is 17.4 Å². The molecule has 1 aliphatic heterocycles. The summed E-state index contributed by atoms with van der Waals surface area (Å²) in [4.78, 5) is 4.13. The van der Waals surface area contributed by atoms with E-state index in [1.807, 2.05) is 29.9 Å². The highest BCUT2D eigenvalue weighted by atomic mass is 35.5. The monoisotopic (exact) mass is 278 g/mol. The van der Waals surface area contributed by atoms with E-state index in [1.165, 1.54) is 0 Å². The molecule has 6 heteroatoms. The first-order valence-corrected chi connectivity index (χ1v) is 6.58. The van der Waals surface area contributed by atoms with Crippen LogP contribution < -0.4 is 5.32 Å². The zero-order chi connectivity index (χ0) is 13.2. The molecule has 0 atom stereocenters. The number of hydrogen-bond acceptors (Lipinski definition) is 4. The van der Waals surface area contributed by atoms with Crippen molar-refractivity contribution in [3.05, 3.63) is 40.8 Å². The van der Waals surface area contributed by atoms with E-state index in [9.17, 15) is 0 Å². The SMILES string of the molecule is Cc1cc(CNc2ccn(C3COC3)n2)cnc1Cl. The van der Waals surface area contributed by atoms with Crippen molar-refractivity contribution in [1.82, 2.24) is 14.8 Å². The number of rotatable bonds is 4. The molecular weight excluding hydrogens is 264 g/mol. The van der Waals surface area contributed by atoms with E-state index >= 15 is 0 Å². The van der Waals surface area contributed by atoms with Crippen LogP contribution in [0.1, 0.15) is 17.2 Å². The molecule has 0 spiro atoms. The molecule has 0 amide bonds. The summed E-state index contributed by atoms with van der Waals surface area (Å²) in [5.41, 5.74) is 2.07. The van der Waals surface area contributed by atoms with E-state index in [-0.39, 0.29) is 0 Å². The maximum Gasteiger partial charge on any atom is 0.148 e. The van der Waals surface area contributed by atoms with Crippen LogP contribution in [0, 0.1) is 6.92 Å². The van der Waals surface area contributed by atoms with Crippen molar-refractivity contribution in [2.75, 3.05) is 18.5 Å². The highest BCUT2D eigenvalue weighted by Crippen LogP contribution is 2.18. The summed E-state index contributed by atoms with van der Waals surface area (Å²) < 4.78 is 7.09. The fourth-order valence-electron chi connectivity index (χ4n) is 1.92. The number of aryl methyl sites for hydroxylation is 1. The Morgan fingerprint density at radius 2 is 2.37 bits per heavy atom. The van der Waals surface area contributed by atoms with Gasteiger partial charge in [0, 0.05) is 25.0 Å². The van der Waals surface area contributed by atoms with E-state index in [1.54, 1.807) is 6.20 Å². The Balaban J connectivity index is 1.61. The highest BCUT2D eigenvalue weighted by molar-refractivity contribution is 6.30. The first kappa shape index (κ1) is 12.4. The second kappa shape index (κ2) is 5.19. The van der Waals surface area contributed by atoms with Gasteiger partial charge in [0.15, 0.2) is 0 Å². The van der Waals surface area contributed by atoms with Crippen LogP contribution in [0.25, 0.3) is 0 Å². The molecular formula is C13H15ClN4O. The number of hydrogen-bond donors (Lipinski definition) is 1. The minimum Gasteiger partial charge on any atom is -0.377 e. The van der Waals surface area contributed by atoms with Crippen LogP contribution in [0.4, 0.5) is 5.82 Å². The Bertz CT molecular complexity index is 580. The fraction of sp³-hybridized carbons (Fsp3) is 0.385. The predicted molar refractivity (Wildman–Crippen MR) is 73.4 cm³/mol. The maximum absolute atomic E-state index is 5.90. The fourth-order valence-corrected chi connectivity index (χ4v) is 2.02. The molecule has 0 saturated carbocycles. The molecule has 3 heterocycles. The normalized spacial score (nSPS) is 15.3. The van der Waals surface area contributed by atoms with Crippen LogP contribution in [0.2, 0.25) is 5.15 Å². The standard InChI is InChI=1S/C13H15ClN4O/c1-9-4-10(6-16-13(9)14)5-15-12-2-3-18(17-12)11-7-19-8-11/h2-4,6,11H,5,7-8H2,1H3,(H,15,17). The molecule has 2 aromatic rings. The number of ether oxygens (including phenoxy) is 1. The second-order valence-corrected chi connectivity index (χ2v) is 5.04. The van der Waals surface area contributed by atoms with E-state index in [2.05, 4.69) is 15.4 Å². The first-order valence-electron chi connectivity index (χ1n) is 6.20. The number of halogens is 1. The van der Waals surface area contributed by atoms with Crippen LogP contribution in [-0.2, 0) is 11.3 Å². The van der Waals surface area contributed by atoms with Gasteiger partial charge >= 0.3 is 0 Å². The molecule has 100 valence electrons.